The first-order chi connectivity index (χ1) is 12.8. The third-order valence-corrected chi connectivity index (χ3v) is 7.38. The Balaban J connectivity index is 1.58. The summed E-state index contributed by atoms with van der Waals surface area (Å²) in [4.78, 5) is 14.7. The van der Waals surface area contributed by atoms with Gasteiger partial charge in [0.1, 0.15) is 0 Å². The summed E-state index contributed by atoms with van der Waals surface area (Å²) >= 11 is 0. The van der Waals surface area contributed by atoms with Crippen LogP contribution in [0.25, 0.3) is 0 Å². The zero-order valence-corrected chi connectivity index (χ0v) is 17.2. The molecule has 27 heavy (non-hydrogen) atoms. The number of benzene rings is 1. The van der Waals surface area contributed by atoms with Gasteiger partial charge >= 0.3 is 0 Å². The first kappa shape index (κ1) is 20.3. The summed E-state index contributed by atoms with van der Waals surface area (Å²) in [6.45, 7) is 7.77. The number of rotatable bonds is 5. The van der Waals surface area contributed by atoms with Gasteiger partial charge in [-0.05, 0) is 68.3 Å². The molecule has 1 aromatic carbocycles. The van der Waals surface area contributed by atoms with E-state index in [1.54, 1.807) is 28.6 Å². The van der Waals surface area contributed by atoms with Gasteiger partial charge in [0.25, 0.3) is 0 Å². The highest BCUT2D eigenvalue weighted by atomic mass is 32.2. The monoisotopic (exact) mass is 393 g/mol. The van der Waals surface area contributed by atoms with Crippen LogP contribution in [-0.2, 0) is 14.8 Å². The van der Waals surface area contributed by atoms with Gasteiger partial charge in [-0.15, -0.1) is 0 Å². The van der Waals surface area contributed by atoms with Gasteiger partial charge in [-0.3, -0.25) is 9.69 Å². The number of carbonyl (C=O) groups excluding carboxylic acids is 1. The molecule has 6 nitrogen and oxygen atoms in total. The van der Waals surface area contributed by atoms with Crippen LogP contribution in [0.2, 0.25) is 0 Å². The van der Waals surface area contributed by atoms with E-state index in [2.05, 4.69) is 24.1 Å². The first-order valence-corrected chi connectivity index (χ1v) is 11.4. The predicted octanol–water partition coefficient (Wildman–Crippen LogP) is 2.78. The predicted molar refractivity (Wildman–Crippen MR) is 107 cm³/mol. The molecular formula is C20H31N3O3S. The molecule has 2 atom stereocenters. The molecule has 0 bridgehead atoms. The van der Waals surface area contributed by atoms with E-state index in [0.29, 0.717) is 42.1 Å². The molecule has 0 spiro atoms. The zero-order valence-electron chi connectivity index (χ0n) is 16.4. The van der Waals surface area contributed by atoms with Crippen LogP contribution >= 0.6 is 0 Å². The molecule has 150 valence electrons. The smallest absolute Gasteiger partial charge is 0.243 e. The molecule has 1 N–H and O–H groups in total. The van der Waals surface area contributed by atoms with Crippen LogP contribution in [0.5, 0.6) is 0 Å². The molecule has 2 aliphatic rings. The van der Waals surface area contributed by atoms with E-state index in [1.165, 1.54) is 6.42 Å². The topological polar surface area (TPSA) is 69.7 Å². The fourth-order valence-electron chi connectivity index (χ4n) is 4.06. The molecule has 2 aliphatic heterocycles. The number of hydrogen-bond acceptors (Lipinski definition) is 4. The standard InChI is InChI=1S/C20H31N3O3S/c1-16-5-3-11-22(13-16)15-20(24)21-18-7-9-19(10-8-18)27(25,26)23-12-4-6-17(2)14-23/h7-10,16-17H,3-6,11-15H2,1-2H3,(H,21,24)/t16-,17-/m0/s1. The van der Waals surface area contributed by atoms with E-state index in [0.717, 1.165) is 32.4 Å². The highest BCUT2D eigenvalue weighted by Crippen LogP contribution is 2.24. The van der Waals surface area contributed by atoms with E-state index in [1.807, 2.05) is 0 Å². The number of amides is 1. The van der Waals surface area contributed by atoms with Crippen molar-refractivity contribution in [3.63, 3.8) is 0 Å². The highest BCUT2D eigenvalue weighted by molar-refractivity contribution is 7.89. The lowest BCUT2D eigenvalue weighted by molar-refractivity contribution is -0.117. The number of anilines is 1. The van der Waals surface area contributed by atoms with Gasteiger partial charge in [-0.2, -0.15) is 4.31 Å². The van der Waals surface area contributed by atoms with Crippen LogP contribution < -0.4 is 5.32 Å². The minimum absolute atomic E-state index is 0.0513. The van der Waals surface area contributed by atoms with Gasteiger partial charge in [0, 0.05) is 25.3 Å². The van der Waals surface area contributed by atoms with E-state index in [9.17, 15) is 13.2 Å². The first-order valence-electron chi connectivity index (χ1n) is 9.97. The van der Waals surface area contributed by atoms with Crippen LogP contribution in [0, 0.1) is 11.8 Å². The number of piperidine rings is 2. The maximum atomic E-state index is 12.8. The molecule has 1 amide bonds. The maximum Gasteiger partial charge on any atom is 0.243 e. The average molecular weight is 394 g/mol. The lowest BCUT2D eigenvalue weighted by Gasteiger charge is -2.30. The molecule has 1 aromatic rings. The van der Waals surface area contributed by atoms with Crippen molar-refractivity contribution in [1.29, 1.82) is 0 Å². The van der Waals surface area contributed by atoms with Gasteiger partial charge in [-0.25, -0.2) is 8.42 Å². The van der Waals surface area contributed by atoms with E-state index in [-0.39, 0.29) is 5.91 Å². The average Bonchev–Trinajstić information content (AvgIpc) is 2.62. The number of nitrogens with one attached hydrogen (secondary N) is 1. The summed E-state index contributed by atoms with van der Waals surface area (Å²) in [6.07, 6.45) is 4.34. The minimum Gasteiger partial charge on any atom is -0.325 e. The molecule has 2 heterocycles. The molecule has 7 heteroatoms. The van der Waals surface area contributed by atoms with Crippen LogP contribution in [0.3, 0.4) is 0 Å². The van der Waals surface area contributed by atoms with Crippen molar-refractivity contribution in [2.75, 3.05) is 38.0 Å². The second-order valence-corrected chi connectivity index (χ2v) is 10.1. The quantitative estimate of drug-likeness (QED) is 0.835. The SMILES string of the molecule is C[C@H]1CCCN(CC(=O)Nc2ccc(S(=O)(=O)N3CCC[C@H](C)C3)cc2)C1. The van der Waals surface area contributed by atoms with Gasteiger partial charge in [0.2, 0.25) is 15.9 Å². The highest BCUT2D eigenvalue weighted by Gasteiger charge is 2.28. The number of nitrogens with zero attached hydrogens (tertiary/aromatic N) is 2. The molecule has 0 aliphatic carbocycles. The summed E-state index contributed by atoms with van der Waals surface area (Å²) in [5, 5.41) is 2.88. The van der Waals surface area contributed by atoms with Crippen molar-refractivity contribution in [2.24, 2.45) is 11.8 Å². The Kier molecular flexibility index (Phi) is 6.55. The summed E-state index contributed by atoms with van der Waals surface area (Å²) < 4.78 is 27.2. The Morgan fingerprint density at radius 3 is 2.30 bits per heavy atom. The van der Waals surface area contributed by atoms with Crippen LogP contribution in [-0.4, -0.2) is 56.3 Å². The van der Waals surface area contributed by atoms with Crippen LogP contribution in [0.4, 0.5) is 5.69 Å². The number of hydrogen-bond donors (Lipinski definition) is 1. The summed E-state index contributed by atoms with van der Waals surface area (Å²) in [6, 6.07) is 6.54. The van der Waals surface area contributed by atoms with Gasteiger partial charge in [0.15, 0.2) is 0 Å². The van der Waals surface area contributed by atoms with Gasteiger partial charge < -0.3 is 5.32 Å². The zero-order chi connectivity index (χ0) is 19.4. The van der Waals surface area contributed by atoms with Crippen molar-refractivity contribution in [1.82, 2.24) is 9.21 Å². The van der Waals surface area contributed by atoms with Crippen molar-refractivity contribution in [3.8, 4) is 0 Å². The van der Waals surface area contributed by atoms with E-state index >= 15 is 0 Å². The normalized spacial score (nSPS) is 25.3. The molecule has 3 rings (SSSR count). The second-order valence-electron chi connectivity index (χ2n) is 8.17. The Bertz CT molecular complexity index is 748. The van der Waals surface area contributed by atoms with Gasteiger partial charge in [0.05, 0.1) is 11.4 Å². The molecule has 2 saturated heterocycles. The van der Waals surface area contributed by atoms with Crippen molar-refractivity contribution in [3.05, 3.63) is 24.3 Å². The number of likely N-dealkylation sites (tertiary alicyclic amines) is 1. The van der Waals surface area contributed by atoms with E-state index < -0.39 is 10.0 Å². The van der Waals surface area contributed by atoms with Gasteiger partial charge in [-0.1, -0.05) is 13.8 Å². The summed E-state index contributed by atoms with van der Waals surface area (Å²) in [7, 11) is -3.46. The Hall–Kier alpha value is -1.44. The second kappa shape index (κ2) is 8.71. The number of sulfonamides is 1. The molecule has 0 aromatic heterocycles. The van der Waals surface area contributed by atoms with Crippen LogP contribution in [0.1, 0.15) is 39.5 Å². The molecule has 2 fully saturated rings. The summed E-state index contributed by atoms with van der Waals surface area (Å²) in [5.74, 6) is 0.975. The summed E-state index contributed by atoms with van der Waals surface area (Å²) in [5.41, 5.74) is 0.635. The molecule has 0 unspecified atom stereocenters. The largest absolute Gasteiger partial charge is 0.325 e. The van der Waals surface area contributed by atoms with Crippen molar-refractivity contribution >= 4 is 21.6 Å². The lowest BCUT2D eigenvalue weighted by atomic mass is 10.0. The molecular weight excluding hydrogens is 362 g/mol. The number of carbonyl (C=O) groups is 1. The fraction of sp³-hybridized carbons (Fsp3) is 0.650. The maximum absolute atomic E-state index is 12.8. The third-order valence-electron chi connectivity index (χ3n) is 5.50. The lowest BCUT2D eigenvalue weighted by Crippen LogP contribution is -2.39. The van der Waals surface area contributed by atoms with Crippen molar-refractivity contribution < 1.29 is 13.2 Å². The third kappa shape index (κ3) is 5.30. The van der Waals surface area contributed by atoms with E-state index in [4.69, 9.17) is 0 Å². The molecule has 0 radical (unpaired) electrons. The Labute approximate surface area is 163 Å². The fourth-order valence-corrected chi connectivity index (χ4v) is 5.66. The minimum atomic E-state index is -3.46. The van der Waals surface area contributed by atoms with Crippen LogP contribution in [0.15, 0.2) is 29.2 Å². The molecule has 0 saturated carbocycles. The van der Waals surface area contributed by atoms with Crippen molar-refractivity contribution in [2.45, 2.75) is 44.4 Å². The Morgan fingerprint density at radius 1 is 1.04 bits per heavy atom. The Morgan fingerprint density at radius 2 is 1.67 bits per heavy atom.